The lowest BCUT2D eigenvalue weighted by Crippen LogP contribution is -2.25. The van der Waals surface area contributed by atoms with E-state index < -0.39 is 0 Å². The van der Waals surface area contributed by atoms with Gasteiger partial charge < -0.3 is 19.4 Å². The van der Waals surface area contributed by atoms with Crippen LogP contribution in [-0.2, 0) is 0 Å². The van der Waals surface area contributed by atoms with Gasteiger partial charge >= 0.3 is 0 Å². The van der Waals surface area contributed by atoms with E-state index in [-0.39, 0.29) is 12.8 Å². The molecule has 1 aliphatic heterocycles. The molecule has 1 unspecified atom stereocenters. The number of aromatic nitrogens is 1. The summed E-state index contributed by atoms with van der Waals surface area (Å²) in [5.74, 6) is 1.61. The van der Waals surface area contributed by atoms with Crippen molar-refractivity contribution >= 4 is 16.6 Å². The number of hydrogen-bond acceptors (Lipinski definition) is 3. The fraction of sp³-hybridized carbons (Fsp3) is 0.167. The van der Waals surface area contributed by atoms with E-state index in [1.165, 1.54) is 22.2 Å². The second-order valence-electron chi connectivity index (χ2n) is 7.17. The van der Waals surface area contributed by atoms with Crippen molar-refractivity contribution in [2.75, 3.05) is 18.7 Å². The van der Waals surface area contributed by atoms with Crippen molar-refractivity contribution in [2.45, 2.75) is 13.0 Å². The van der Waals surface area contributed by atoms with Crippen LogP contribution in [0.2, 0.25) is 0 Å². The van der Waals surface area contributed by atoms with Gasteiger partial charge in [-0.15, -0.1) is 0 Å². The molecule has 1 N–H and O–H groups in total. The third-order valence-corrected chi connectivity index (χ3v) is 5.48. The number of ether oxygens (including phenoxy) is 2. The Bertz CT molecular complexity index is 1130. The fourth-order valence-corrected chi connectivity index (χ4v) is 4.13. The monoisotopic (exact) mass is 370 g/mol. The number of H-pyrrole nitrogens is 1. The minimum absolute atomic E-state index is 0.0352. The summed E-state index contributed by atoms with van der Waals surface area (Å²) in [6, 6.07) is 25.2. The number of aryl methyl sites for hydroxylation is 1. The van der Waals surface area contributed by atoms with E-state index in [1.807, 2.05) is 12.1 Å². The summed E-state index contributed by atoms with van der Waals surface area (Å²) < 4.78 is 11.2. The summed E-state index contributed by atoms with van der Waals surface area (Å²) in [5.41, 5.74) is 5.94. The number of rotatable bonds is 4. The molecule has 0 saturated heterocycles. The minimum atomic E-state index is 0.0352. The number of hydrogen-bond donors (Lipinski definition) is 1. The minimum Gasteiger partial charge on any atom is -0.454 e. The molecule has 0 fully saturated rings. The zero-order chi connectivity index (χ0) is 19.1. The summed E-state index contributed by atoms with van der Waals surface area (Å²) in [6.07, 6.45) is 0. The van der Waals surface area contributed by atoms with Gasteiger partial charge in [0.25, 0.3) is 0 Å². The second-order valence-corrected chi connectivity index (χ2v) is 7.17. The summed E-state index contributed by atoms with van der Waals surface area (Å²) in [6.45, 7) is 2.43. The molecule has 0 amide bonds. The number of para-hydroxylation sites is 2. The van der Waals surface area contributed by atoms with E-state index in [9.17, 15) is 0 Å². The normalized spacial score (nSPS) is 13.6. The van der Waals surface area contributed by atoms with Gasteiger partial charge in [0.1, 0.15) is 0 Å². The number of nitrogens with one attached hydrogen (secondary N) is 1. The van der Waals surface area contributed by atoms with Gasteiger partial charge in [0.2, 0.25) is 6.79 Å². The quantitative estimate of drug-likeness (QED) is 0.520. The first kappa shape index (κ1) is 16.8. The SMILES string of the molecule is Cc1[nH]c2ccccc2c1C(c1ccc2c(c1)OCO2)N(C)c1ccccc1. The van der Waals surface area contributed by atoms with Gasteiger partial charge in [-0.05, 0) is 42.8 Å². The van der Waals surface area contributed by atoms with E-state index in [0.717, 1.165) is 22.7 Å². The van der Waals surface area contributed by atoms with E-state index in [4.69, 9.17) is 9.47 Å². The molecule has 1 atom stereocenters. The molecule has 3 aromatic carbocycles. The molecule has 1 aliphatic rings. The average Bonchev–Trinajstić information content (AvgIpc) is 3.33. The zero-order valence-electron chi connectivity index (χ0n) is 16.0. The first-order chi connectivity index (χ1) is 13.7. The van der Waals surface area contributed by atoms with Crippen molar-refractivity contribution in [1.29, 1.82) is 0 Å². The maximum atomic E-state index is 5.66. The molecule has 140 valence electrons. The summed E-state index contributed by atoms with van der Waals surface area (Å²) in [5, 5.41) is 1.24. The summed E-state index contributed by atoms with van der Waals surface area (Å²) in [7, 11) is 2.14. The van der Waals surface area contributed by atoms with Crippen LogP contribution in [0.4, 0.5) is 5.69 Å². The Kier molecular flexibility index (Phi) is 3.97. The predicted molar refractivity (Wildman–Crippen MR) is 112 cm³/mol. The number of aromatic amines is 1. The lowest BCUT2D eigenvalue weighted by molar-refractivity contribution is 0.174. The van der Waals surface area contributed by atoms with Gasteiger partial charge in [-0.3, -0.25) is 0 Å². The van der Waals surface area contributed by atoms with E-state index >= 15 is 0 Å². The highest BCUT2D eigenvalue weighted by atomic mass is 16.7. The third-order valence-electron chi connectivity index (χ3n) is 5.48. The topological polar surface area (TPSA) is 37.5 Å². The molecule has 4 aromatic rings. The van der Waals surface area contributed by atoms with Crippen LogP contribution in [0.1, 0.15) is 22.9 Å². The Balaban J connectivity index is 1.72. The first-order valence-corrected chi connectivity index (χ1v) is 9.47. The van der Waals surface area contributed by atoms with Gasteiger partial charge in [0, 0.05) is 34.9 Å². The Morgan fingerprint density at radius 2 is 1.64 bits per heavy atom. The average molecular weight is 370 g/mol. The molecule has 2 heterocycles. The molecule has 5 rings (SSSR count). The standard InChI is InChI=1S/C24H22N2O2/c1-16-23(19-10-6-7-11-20(19)25-16)24(26(2)18-8-4-3-5-9-18)17-12-13-21-22(14-17)28-15-27-21/h3-14,24-25H,15H2,1-2H3. The van der Waals surface area contributed by atoms with Crippen LogP contribution < -0.4 is 14.4 Å². The molecule has 0 saturated carbocycles. The van der Waals surface area contributed by atoms with Gasteiger partial charge in [-0.2, -0.15) is 0 Å². The Morgan fingerprint density at radius 1 is 0.893 bits per heavy atom. The molecule has 1 aromatic heterocycles. The van der Waals surface area contributed by atoms with E-state index in [0.29, 0.717) is 0 Å². The molecular formula is C24H22N2O2. The van der Waals surface area contributed by atoms with Crippen molar-refractivity contribution in [3.05, 3.63) is 89.6 Å². The molecule has 4 heteroatoms. The molecule has 0 radical (unpaired) electrons. The number of anilines is 1. The highest BCUT2D eigenvalue weighted by molar-refractivity contribution is 5.86. The molecule has 4 nitrogen and oxygen atoms in total. The Hall–Kier alpha value is -3.40. The van der Waals surface area contributed by atoms with Crippen LogP contribution in [0.25, 0.3) is 10.9 Å². The van der Waals surface area contributed by atoms with Crippen LogP contribution >= 0.6 is 0 Å². The predicted octanol–water partition coefficient (Wildman–Crippen LogP) is 5.43. The zero-order valence-corrected chi connectivity index (χ0v) is 16.0. The highest BCUT2D eigenvalue weighted by Crippen LogP contribution is 2.41. The molecule has 0 aliphatic carbocycles. The van der Waals surface area contributed by atoms with Crippen LogP contribution in [0, 0.1) is 6.92 Å². The van der Waals surface area contributed by atoms with Gasteiger partial charge in [-0.1, -0.05) is 42.5 Å². The largest absolute Gasteiger partial charge is 0.454 e. The summed E-state index contributed by atoms with van der Waals surface area (Å²) in [4.78, 5) is 5.87. The van der Waals surface area contributed by atoms with E-state index in [2.05, 4.69) is 84.5 Å². The maximum absolute atomic E-state index is 5.66. The maximum Gasteiger partial charge on any atom is 0.231 e. The Labute approximate surface area is 164 Å². The van der Waals surface area contributed by atoms with Crippen LogP contribution in [0.5, 0.6) is 11.5 Å². The van der Waals surface area contributed by atoms with Crippen molar-refractivity contribution in [1.82, 2.24) is 4.98 Å². The molecule has 0 spiro atoms. The van der Waals surface area contributed by atoms with Crippen LogP contribution in [0.15, 0.2) is 72.8 Å². The van der Waals surface area contributed by atoms with Crippen molar-refractivity contribution in [3.63, 3.8) is 0 Å². The van der Waals surface area contributed by atoms with Crippen molar-refractivity contribution in [3.8, 4) is 11.5 Å². The summed E-state index contributed by atoms with van der Waals surface area (Å²) >= 11 is 0. The first-order valence-electron chi connectivity index (χ1n) is 9.47. The molecule has 0 bridgehead atoms. The third kappa shape index (κ3) is 2.69. The lowest BCUT2D eigenvalue weighted by atomic mass is 9.94. The van der Waals surface area contributed by atoms with Gasteiger partial charge in [-0.25, -0.2) is 0 Å². The van der Waals surface area contributed by atoms with Crippen LogP contribution in [0.3, 0.4) is 0 Å². The smallest absolute Gasteiger partial charge is 0.231 e. The Morgan fingerprint density at radius 3 is 2.50 bits per heavy atom. The van der Waals surface area contributed by atoms with Crippen LogP contribution in [-0.4, -0.2) is 18.8 Å². The number of fused-ring (bicyclic) bond motifs is 2. The molecular weight excluding hydrogens is 348 g/mol. The highest BCUT2D eigenvalue weighted by Gasteiger charge is 2.27. The number of benzene rings is 3. The lowest BCUT2D eigenvalue weighted by Gasteiger charge is -2.31. The molecule has 28 heavy (non-hydrogen) atoms. The van der Waals surface area contributed by atoms with Gasteiger partial charge in [0.15, 0.2) is 11.5 Å². The van der Waals surface area contributed by atoms with Crippen molar-refractivity contribution in [2.24, 2.45) is 0 Å². The van der Waals surface area contributed by atoms with E-state index in [1.54, 1.807) is 0 Å². The number of nitrogens with zero attached hydrogens (tertiary/aromatic N) is 1. The van der Waals surface area contributed by atoms with Gasteiger partial charge in [0.05, 0.1) is 6.04 Å². The second kappa shape index (κ2) is 6.64. The fourth-order valence-electron chi connectivity index (χ4n) is 4.13. The van der Waals surface area contributed by atoms with Crippen molar-refractivity contribution < 1.29 is 9.47 Å².